The van der Waals surface area contributed by atoms with Gasteiger partial charge in [0.15, 0.2) is 0 Å². The van der Waals surface area contributed by atoms with E-state index >= 15 is 0 Å². The largest absolute Gasteiger partial charge is 0.0807 e. The van der Waals surface area contributed by atoms with Gasteiger partial charge in [0.1, 0.15) is 0 Å². The first-order valence-corrected chi connectivity index (χ1v) is 10.8. The lowest BCUT2D eigenvalue weighted by atomic mass is 9.87. The molecule has 0 aromatic rings. The average molecular weight is 347 g/mol. The van der Waals surface area contributed by atoms with Crippen LogP contribution in [0.15, 0.2) is 83.1 Å². The second-order valence-corrected chi connectivity index (χ2v) is 7.66. The molecular formula is C26H34. The molecule has 0 aromatic carbocycles. The second kappa shape index (κ2) is 11.0. The standard InChI is InChI=1S/C26H34/c1-2-6-12-18-23(17-11-5-1)25-21-15-9-4-10-16-22-26(25)24-19-13-7-3-8-14-20-24/h3,7-8,13-14,17,19-22H,1-2,4-6,9-12,15-16,18H2/b7-3-,8-3?,13-7?,14-8-,19-13?,20-14?,23-17?,24-19?,24-20-,25-21?,26-22+. The molecule has 0 unspecified atom stereocenters. The highest BCUT2D eigenvalue weighted by Crippen LogP contribution is 2.34. The van der Waals surface area contributed by atoms with Crippen molar-refractivity contribution in [3.05, 3.63) is 83.1 Å². The van der Waals surface area contributed by atoms with E-state index in [1.807, 2.05) is 0 Å². The predicted molar refractivity (Wildman–Crippen MR) is 115 cm³/mol. The molecule has 0 amide bonds. The average Bonchev–Trinajstić information content (AvgIpc) is 2.83. The van der Waals surface area contributed by atoms with Gasteiger partial charge in [0.25, 0.3) is 0 Å². The highest BCUT2D eigenvalue weighted by atomic mass is 14.2. The fraction of sp³-hybridized carbons (Fsp3) is 0.462. The maximum absolute atomic E-state index is 2.56. The molecule has 3 aliphatic rings. The summed E-state index contributed by atoms with van der Waals surface area (Å²) in [5.74, 6) is 0. The lowest BCUT2D eigenvalue weighted by Gasteiger charge is -2.18. The van der Waals surface area contributed by atoms with Crippen molar-refractivity contribution in [2.75, 3.05) is 0 Å². The Labute approximate surface area is 160 Å². The molecule has 0 bridgehead atoms. The van der Waals surface area contributed by atoms with Gasteiger partial charge in [-0.05, 0) is 73.7 Å². The maximum atomic E-state index is 2.56. The van der Waals surface area contributed by atoms with E-state index in [-0.39, 0.29) is 0 Å². The van der Waals surface area contributed by atoms with Crippen LogP contribution in [0, 0.1) is 0 Å². The third-order valence-electron chi connectivity index (χ3n) is 5.59. The van der Waals surface area contributed by atoms with Crippen LogP contribution >= 0.6 is 0 Å². The van der Waals surface area contributed by atoms with E-state index in [0.717, 1.165) is 0 Å². The Bertz CT molecular complexity index is 658. The zero-order valence-electron chi connectivity index (χ0n) is 16.3. The summed E-state index contributed by atoms with van der Waals surface area (Å²) in [6, 6.07) is 0. The van der Waals surface area contributed by atoms with Crippen LogP contribution in [-0.4, -0.2) is 0 Å². The molecule has 0 radical (unpaired) electrons. The van der Waals surface area contributed by atoms with Gasteiger partial charge in [0.2, 0.25) is 0 Å². The molecule has 0 aliphatic heterocycles. The summed E-state index contributed by atoms with van der Waals surface area (Å²) < 4.78 is 0. The van der Waals surface area contributed by atoms with Crippen LogP contribution in [-0.2, 0) is 0 Å². The SMILES string of the molecule is C1=CC(/C2=C\CCCCCC=C2C2=CCCCCCCC2)=C/C=C\C=C/1. The molecule has 0 spiro atoms. The third-order valence-corrected chi connectivity index (χ3v) is 5.59. The van der Waals surface area contributed by atoms with Gasteiger partial charge in [-0.25, -0.2) is 0 Å². The molecule has 0 saturated carbocycles. The number of rotatable bonds is 2. The monoisotopic (exact) mass is 346 g/mol. The summed E-state index contributed by atoms with van der Waals surface area (Å²) in [6.07, 6.45) is 38.7. The summed E-state index contributed by atoms with van der Waals surface area (Å²) in [4.78, 5) is 0. The lowest BCUT2D eigenvalue weighted by Crippen LogP contribution is -1.99. The van der Waals surface area contributed by atoms with Crippen LogP contribution in [0.2, 0.25) is 0 Å². The molecule has 0 saturated heterocycles. The minimum Gasteiger partial charge on any atom is -0.0807 e. The summed E-state index contributed by atoms with van der Waals surface area (Å²) in [5, 5.41) is 0. The van der Waals surface area contributed by atoms with Crippen molar-refractivity contribution in [3.8, 4) is 0 Å². The van der Waals surface area contributed by atoms with Crippen molar-refractivity contribution in [1.29, 1.82) is 0 Å². The van der Waals surface area contributed by atoms with Crippen molar-refractivity contribution in [2.24, 2.45) is 0 Å². The molecule has 26 heavy (non-hydrogen) atoms. The van der Waals surface area contributed by atoms with E-state index in [9.17, 15) is 0 Å². The Morgan fingerprint density at radius 3 is 2.00 bits per heavy atom. The lowest BCUT2D eigenvalue weighted by molar-refractivity contribution is 0.629. The molecule has 0 heterocycles. The summed E-state index contributed by atoms with van der Waals surface area (Å²) in [5.41, 5.74) is 5.96. The first-order valence-electron chi connectivity index (χ1n) is 10.8. The molecule has 0 nitrogen and oxygen atoms in total. The van der Waals surface area contributed by atoms with Gasteiger partial charge < -0.3 is 0 Å². The molecule has 0 fully saturated rings. The van der Waals surface area contributed by atoms with Crippen LogP contribution in [0.1, 0.15) is 77.0 Å². The zero-order valence-corrected chi connectivity index (χ0v) is 16.3. The van der Waals surface area contributed by atoms with Crippen LogP contribution in [0.3, 0.4) is 0 Å². The fourth-order valence-electron chi connectivity index (χ4n) is 4.11. The topological polar surface area (TPSA) is 0 Å². The molecule has 3 aliphatic carbocycles. The van der Waals surface area contributed by atoms with E-state index in [2.05, 4.69) is 60.8 Å². The van der Waals surface area contributed by atoms with Gasteiger partial charge in [-0.2, -0.15) is 0 Å². The number of allylic oxidation sites excluding steroid dienone is 14. The van der Waals surface area contributed by atoms with Gasteiger partial charge in [-0.3, -0.25) is 0 Å². The van der Waals surface area contributed by atoms with Crippen molar-refractivity contribution < 1.29 is 0 Å². The Balaban J connectivity index is 1.96. The highest BCUT2D eigenvalue weighted by Gasteiger charge is 2.15. The normalized spacial score (nSPS) is 29.2. The van der Waals surface area contributed by atoms with Gasteiger partial charge in [-0.1, -0.05) is 86.4 Å². The first kappa shape index (κ1) is 19.0. The minimum atomic E-state index is 1.20. The first-order chi connectivity index (χ1) is 12.9. The van der Waals surface area contributed by atoms with E-state index in [0.29, 0.717) is 0 Å². The second-order valence-electron chi connectivity index (χ2n) is 7.66. The Morgan fingerprint density at radius 1 is 0.500 bits per heavy atom. The molecule has 138 valence electrons. The third kappa shape index (κ3) is 5.87. The van der Waals surface area contributed by atoms with Gasteiger partial charge in [0.05, 0.1) is 0 Å². The summed E-state index contributed by atoms with van der Waals surface area (Å²) in [7, 11) is 0. The van der Waals surface area contributed by atoms with Crippen molar-refractivity contribution in [2.45, 2.75) is 77.0 Å². The Kier molecular flexibility index (Phi) is 8.03. The molecule has 0 heteroatoms. The zero-order chi connectivity index (χ0) is 17.9. The maximum Gasteiger partial charge on any atom is -0.0152 e. The van der Waals surface area contributed by atoms with Crippen LogP contribution in [0.25, 0.3) is 0 Å². The molecule has 3 rings (SSSR count). The van der Waals surface area contributed by atoms with Crippen LogP contribution in [0.4, 0.5) is 0 Å². The predicted octanol–water partition coefficient (Wildman–Crippen LogP) is 8.08. The van der Waals surface area contributed by atoms with Crippen molar-refractivity contribution >= 4 is 0 Å². The molecular weight excluding hydrogens is 312 g/mol. The quantitative estimate of drug-likeness (QED) is 0.474. The number of hydrogen-bond acceptors (Lipinski definition) is 0. The van der Waals surface area contributed by atoms with E-state index < -0.39 is 0 Å². The van der Waals surface area contributed by atoms with E-state index in [1.165, 1.54) is 93.8 Å². The Hall–Kier alpha value is -1.82. The van der Waals surface area contributed by atoms with E-state index in [4.69, 9.17) is 0 Å². The minimum absolute atomic E-state index is 1.20. The molecule has 0 aromatic heterocycles. The van der Waals surface area contributed by atoms with Crippen molar-refractivity contribution in [1.82, 2.24) is 0 Å². The van der Waals surface area contributed by atoms with Crippen LogP contribution in [0.5, 0.6) is 0 Å². The van der Waals surface area contributed by atoms with Gasteiger partial charge in [0, 0.05) is 0 Å². The van der Waals surface area contributed by atoms with Gasteiger partial charge >= 0.3 is 0 Å². The molecule has 0 atom stereocenters. The summed E-state index contributed by atoms with van der Waals surface area (Å²) in [6.45, 7) is 0. The van der Waals surface area contributed by atoms with E-state index in [1.54, 1.807) is 5.57 Å². The van der Waals surface area contributed by atoms with Gasteiger partial charge in [-0.15, -0.1) is 0 Å². The van der Waals surface area contributed by atoms with Crippen molar-refractivity contribution in [3.63, 3.8) is 0 Å². The molecule has 0 N–H and O–H groups in total. The van der Waals surface area contributed by atoms with Crippen LogP contribution < -0.4 is 0 Å². The summed E-state index contributed by atoms with van der Waals surface area (Å²) >= 11 is 0. The smallest absolute Gasteiger partial charge is 0.0152 e. The Morgan fingerprint density at radius 2 is 1.12 bits per heavy atom. The highest BCUT2D eigenvalue weighted by molar-refractivity contribution is 5.60. The number of hydrogen-bond donors (Lipinski definition) is 0. The fourth-order valence-corrected chi connectivity index (χ4v) is 4.11.